The van der Waals surface area contributed by atoms with Gasteiger partial charge in [-0.05, 0) is 45.2 Å². The van der Waals surface area contributed by atoms with Crippen LogP contribution < -0.4 is 5.73 Å². The lowest BCUT2D eigenvalue weighted by molar-refractivity contribution is 0.0178. The molecule has 0 aliphatic carbocycles. The van der Waals surface area contributed by atoms with E-state index in [4.69, 9.17) is 10.5 Å². The lowest BCUT2D eigenvalue weighted by atomic mass is 9.70. The standard InChI is InChI=1S/C23H34N4O2/c1-21(2,3)29-20(28)27-13-11-23(12-14-27,17-9-7-6-8-10-17)19-15-18(25-26-19)22(4,5)16-24/h6-10,15H,11-14,16,24H2,1-5H3,(H,25,26). The predicted molar refractivity (Wildman–Crippen MR) is 115 cm³/mol. The third-order valence-corrected chi connectivity index (χ3v) is 5.89. The van der Waals surface area contributed by atoms with E-state index in [0.29, 0.717) is 19.6 Å². The summed E-state index contributed by atoms with van der Waals surface area (Å²) in [6.45, 7) is 11.7. The number of ether oxygens (including phenoxy) is 1. The van der Waals surface area contributed by atoms with Crippen LogP contribution in [0.3, 0.4) is 0 Å². The van der Waals surface area contributed by atoms with Crippen molar-refractivity contribution in [1.82, 2.24) is 15.1 Å². The highest BCUT2D eigenvalue weighted by molar-refractivity contribution is 5.68. The number of aromatic nitrogens is 2. The zero-order valence-corrected chi connectivity index (χ0v) is 18.3. The summed E-state index contributed by atoms with van der Waals surface area (Å²) < 4.78 is 5.57. The molecule has 0 atom stereocenters. The molecular formula is C23H34N4O2. The van der Waals surface area contributed by atoms with Gasteiger partial charge in [-0.3, -0.25) is 5.10 Å². The average Bonchev–Trinajstić information content (AvgIpc) is 3.19. The number of nitrogens with zero attached hydrogens (tertiary/aromatic N) is 2. The molecule has 1 aliphatic rings. The Morgan fingerprint density at radius 1 is 1.17 bits per heavy atom. The van der Waals surface area contributed by atoms with Gasteiger partial charge in [-0.15, -0.1) is 0 Å². The minimum Gasteiger partial charge on any atom is -0.444 e. The van der Waals surface area contributed by atoms with Gasteiger partial charge >= 0.3 is 6.09 Å². The van der Waals surface area contributed by atoms with E-state index < -0.39 is 5.60 Å². The van der Waals surface area contributed by atoms with Crippen LogP contribution in [-0.2, 0) is 15.6 Å². The van der Waals surface area contributed by atoms with Crippen LogP contribution in [0.2, 0.25) is 0 Å². The van der Waals surface area contributed by atoms with Crippen LogP contribution >= 0.6 is 0 Å². The lowest BCUT2D eigenvalue weighted by Gasteiger charge is -2.41. The third kappa shape index (κ3) is 4.47. The van der Waals surface area contributed by atoms with Gasteiger partial charge in [0.2, 0.25) is 0 Å². The number of aromatic amines is 1. The molecule has 0 bridgehead atoms. The molecule has 6 nitrogen and oxygen atoms in total. The van der Waals surface area contributed by atoms with Crippen molar-refractivity contribution in [1.29, 1.82) is 0 Å². The average molecular weight is 399 g/mol. The summed E-state index contributed by atoms with van der Waals surface area (Å²) in [7, 11) is 0. The van der Waals surface area contributed by atoms with Gasteiger partial charge < -0.3 is 15.4 Å². The number of nitrogens with one attached hydrogen (secondary N) is 1. The molecule has 6 heteroatoms. The van der Waals surface area contributed by atoms with E-state index in [1.54, 1.807) is 0 Å². The van der Waals surface area contributed by atoms with Crippen LogP contribution in [0, 0.1) is 0 Å². The Kier molecular flexibility index (Phi) is 5.77. The molecule has 158 valence electrons. The van der Waals surface area contributed by atoms with Crippen LogP contribution in [0.4, 0.5) is 4.79 Å². The molecule has 0 radical (unpaired) electrons. The molecular weight excluding hydrogens is 364 g/mol. The van der Waals surface area contributed by atoms with E-state index >= 15 is 0 Å². The first kappa shape index (κ1) is 21.4. The lowest BCUT2D eigenvalue weighted by Crippen LogP contribution is -2.47. The van der Waals surface area contributed by atoms with Crippen molar-refractivity contribution in [2.45, 2.75) is 63.9 Å². The monoisotopic (exact) mass is 398 g/mol. The number of likely N-dealkylation sites (tertiary alicyclic amines) is 1. The van der Waals surface area contributed by atoms with Crippen molar-refractivity contribution in [2.24, 2.45) is 5.73 Å². The van der Waals surface area contributed by atoms with E-state index in [1.165, 1.54) is 5.56 Å². The number of carbonyl (C=O) groups is 1. The zero-order chi connectivity index (χ0) is 21.3. The number of carbonyl (C=O) groups excluding carboxylic acids is 1. The zero-order valence-electron chi connectivity index (χ0n) is 18.3. The van der Waals surface area contributed by atoms with Crippen LogP contribution in [0.5, 0.6) is 0 Å². The van der Waals surface area contributed by atoms with Crippen LogP contribution in [0.25, 0.3) is 0 Å². The molecule has 1 aliphatic heterocycles. The number of H-pyrrole nitrogens is 1. The fourth-order valence-corrected chi connectivity index (χ4v) is 3.89. The predicted octanol–water partition coefficient (Wildman–Crippen LogP) is 3.96. The van der Waals surface area contributed by atoms with E-state index in [-0.39, 0.29) is 16.9 Å². The molecule has 2 aromatic rings. The van der Waals surface area contributed by atoms with Crippen molar-refractivity contribution in [3.63, 3.8) is 0 Å². The Bertz CT molecular complexity index is 828. The number of hydrogen-bond donors (Lipinski definition) is 2. The van der Waals surface area contributed by atoms with Gasteiger partial charge in [0, 0.05) is 36.2 Å². The molecule has 1 saturated heterocycles. The molecule has 1 aromatic carbocycles. The second-order valence-electron chi connectivity index (χ2n) is 9.67. The molecule has 0 unspecified atom stereocenters. The smallest absolute Gasteiger partial charge is 0.410 e. The quantitative estimate of drug-likeness (QED) is 0.816. The Morgan fingerprint density at radius 3 is 2.34 bits per heavy atom. The van der Waals surface area contributed by atoms with E-state index in [1.807, 2.05) is 31.7 Å². The first-order chi connectivity index (χ1) is 13.6. The minimum absolute atomic E-state index is 0.191. The van der Waals surface area contributed by atoms with Crippen LogP contribution in [-0.4, -0.2) is 46.4 Å². The number of hydrogen-bond acceptors (Lipinski definition) is 4. The van der Waals surface area contributed by atoms with Gasteiger partial charge in [0.25, 0.3) is 0 Å². The normalized spacial score (nSPS) is 17.2. The summed E-state index contributed by atoms with van der Waals surface area (Å²) in [5.41, 5.74) is 8.37. The maximum Gasteiger partial charge on any atom is 0.410 e. The number of amides is 1. The molecule has 0 spiro atoms. The molecule has 0 saturated carbocycles. The van der Waals surface area contributed by atoms with E-state index in [2.05, 4.69) is 54.4 Å². The Hall–Kier alpha value is -2.34. The second kappa shape index (κ2) is 7.82. The fraction of sp³-hybridized carbons (Fsp3) is 0.565. The van der Waals surface area contributed by atoms with Gasteiger partial charge in [-0.1, -0.05) is 44.2 Å². The van der Waals surface area contributed by atoms with E-state index in [9.17, 15) is 4.79 Å². The van der Waals surface area contributed by atoms with Gasteiger partial charge in [0.15, 0.2) is 0 Å². The molecule has 1 fully saturated rings. The summed E-state index contributed by atoms with van der Waals surface area (Å²) in [6, 6.07) is 12.7. The highest BCUT2D eigenvalue weighted by atomic mass is 16.6. The van der Waals surface area contributed by atoms with Crippen molar-refractivity contribution in [3.8, 4) is 0 Å². The van der Waals surface area contributed by atoms with Crippen molar-refractivity contribution >= 4 is 6.09 Å². The van der Waals surface area contributed by atoms with Crippen molar-refractivity contribution < 1.29 is 9.53 Å². The van der Waals surface area contributed by atoms with Crippen molar-refractivity contribution in [3.05, 3.63) is 53.3 Å². The molecule has 3 N–H and O–H groups in total. The van der Waals surface area contributed by atoms with E-state index in [0.717, 1.165) is 24.2 Å². The summed E-state index contributed by atoms with van der Waals surface area (Å²) in [5.74, 6) is 0. The van der Waals surface area contributed by atoms with Gasteiger partial charge in [0.05, 0.1) is 5.69 Å². The molecule has 1 aromatic heterocycles. The molecule has 29 heavy (non-hydrogen) atoms. The number of rotatable bonds is 4. The number of nitrogens with two attached hydrogens (primary N) is 1. The number of benzene rings is 1. The summed E-state index contributed by atoms with van der Waals surface area (Å²) in [6.07, 6.45) is 1.37. The fourth-order valence-electron chi connectivity index (χ4n) is 3.89. The first-order valence-corrected chi connectivity index (χ1v) is 10.4. The molecule has 2 heterocycles. The maximum absolute atomic E-state index is 12.5. The Morgan fingerprint density at radius 2 is 1.79 bits per heavy atom. The van der Waals surface area contributed by atoms with Crippen LogP contribution in [0.1, 0.15) is 64.4 Å². The first-order valence-electron chi connectivity index (χ1n) is 10.4. The SMILES string of the molecule is CC(C)(C)OC(=O)N1CCC(c2ccccc2)(c2cc(C(C)(C)CN)n[nH]2)CC1. The highest BCUT2D eigenvalue weighted by Gasteiger charge is 2.41. The Labute approximate surface area is 173 Å². The van der Waals surface area contributed by atoms with Crippen molar-refractivity contribution in [2.75, 3.05) is 19.6 Å². The van der Waals surface area contributed by atoms with Gasteiger partial charge in [0.1, 0.15) is 5.60 Å². The Balaban J connectivity index is 1.90. The van der Waals surface area contributed by atoms with Crippen LogP contribution in [0.15, 0.2) is 36.4 Å². The summed E-state index contributed by atoms with van der Waals surface area (Å²) in [4.78, 5) is 14.4. The summed E-state index contributed by atoms with van der Waals surface area (Å²) >= 11 is 0. The third-order valence-electron chi connectivity index (χ3n) is 5.89. The van der Waals surface area contributed by atoms with Gasteiger partial charge in [-0.2, -0.15) is 5.10 Å². The van der Waals surface area contributed by atoms with Gasteiger partial charge in [-0.25, -0.2) is 4.79 Å². The minimum atomic E-state index is -0.489. The highest BCUT2D eigenvalue weighted by Crippen LogP contribution is 2.42. The maximum atomic E-state index is 12.5. The summed E-state index contributed by atoms with van der Waals surface area (Å²) in [5, 5.41) is 7.89. The molecule has 1 amide bonds. The topological polar surface area (TPSA) is 84.2 Å². The largest absolute Gasteiger partial charge is 0.444 e. The second-order valence-corrected chi connectivity index (χ2v) is 9.67. The molecule has 3 rings (SSSR count). The number of piperidine rings is 1.